The van der Waals surface area contributed by atoms with E-state index in [-0.39, 0.29) is 17.9 Å². The highest BCUT2D eigenvalue weighted by Crippen LogP contribution is 2.58. The van der Waals surface area contributed by atoms with Crippen LogP contribution in [0.15, 0.2) is 23.8 Å². The Morgan fingerprint density at radius 1 is 1.42 bits per heavy atom. The van der Waals surface area contributed by atoms with Crippen molar-refractivity contribution in [1.29, 1.82) is 0 Å². The van der Waals surface area contributed by atoms with Crippen LogP contribution in [0.3, 0.4) is 0 Å². The SMILES string of the molecule is C=C(CC[C@]1(C)C2=CCC[C@@](C)(C(=O)O)[C@H]2CC[C@H]1C)[C@@H](O)CO. The van der Waals surface area contributed by atoms with Gasteiger partial charge in [0.05, 0.1) is 18.1 Å². The molecule has 0 bridgehead atoms. The number of allylic oxidation sites excluding steroid dienone is 2. The van der Waals surface area contributed by atoms with E-state index in [1.165, 1.54) is 5.57 Å². The molecule has 24 heavy (non-hydrogen) atoms. The Bertz CT molecular complexity index is 538. The molecule has 0 aromatic heterocycles. The molecule has 1 fully saturated rings. The average molecular weight is 336 g/mol. The first kappa shape index (κ1) is 19.2. The number of hydrogen-bond acceptors (Lipinski definition) is 3. The van der Waals surface area contributed by atoms with E-state index in [1.54, 1.807) is 0 Å². The van der Waals surface area contributed by atoms with Gasteiger partial charge in [-0.2, -0.15) is 0 Å². The van der Waals surface area contributed by atoms with Crippen molar-refractivity contribution in [2.75, 3.05) is 6.61 Å². The van der Waals surface area contributed by atoms with E-state index < -0.39 is 17.5 Å². The molecule has 2 rings (SSSR count). The molecular formula is C20H32O4. The molecule has 5 atom stereocenters. The molecule has 3 N–H and O–H groups in total. The maximum absolute atomic E-state index is 11.9. The summed E-state index contributed by atoms with van der Waals surface area (Å²) in [4.78, 5) is 11.9. The molecule has 1 saturated carbocycles. The molecule has 4 nitrogen and oxygen atoms in total. The van der Waals surface area contributed by atoms with E-state index in [4.69, 9.17) is 5.11 Å². The third kappa shape index (κ3) is 3.18. The fourth-order valence-electron chi connectivity index (χ4n) is 4.67. The first-order chi connectivity index (χ1) is 11.2. The molecule has 0 saturated heterocycles. The zero-order chi connectivity index (χ0) is 18.1. The summed E-state index contributed by atoms with van der Waals surface area (Å²) in [6, 6.07) is 0. The Labute approximate surface area is 145 Å². The Balaban J connectivity index is 2.26. The minimum absolute atomic E-state index is 0.0713. The fraction of sp³-hybridized carbons (Fsp3) is 0.750. The van der Waals surface area contributed by atoms with Crippen molar-refractivity contribution < 1.29 is 20.1 Å². The van der Waals surface area contributed by atoms with Crippen molar-refractivity contribution in [3.8, 4) is 0 Å². The van der Waals surface area contributed by atoms with Gasteiger partial charge in [0, 0.05) is 0 Å². The molecular weight excluding hydrogens is 304 g/mol. The van der Waals surface area contributed by atoms with Gasteiger partial charge in [0.2, 0.25) is 0 Å². The van der Waals surface area contributed by atoms with Gasteiger partial charge >= 0.3 is 5.97 Å². The van der Waals surface area contributed by atoms with Gasteiger partial charge in [-0.15, -0.1) is 0 Å². The molecule has 2 aliphatic rings. The van der Waals surface area contributed by atoms with Gasteiger partial charge in [-0.3, -0.25) is 4.79 Å². The van der Waals surface area contributed by atoms with Crippen molar-refractivity contribution in [2.24, 2.45) is 22.7 Å². The maximum Gasteiger partial charge on any atom is 0.309 e. The van der Waals surface area contributed by atoms with Crippen molar-refractivity contribution in [1.82, 2.24) is 0 Å². The summed E-state index contributed by atoms with van der Waals surface area (Å²) in [5, 5.41) is 28.6. The maximum atomic E-state index is 11.9. The van der Waals surface area contributed by atoms with Crippen LogP contribution in [-0.2, 0) is 4.79 Å². The van der Waals surface area contributed by atoms with Crippen molar-refractivity contribution in [2.45, 2.75) is 65.4 Å². The van der Waals surface area contributed by atoms with E-state index >= 15 is 0 Å². The Hall–Kier alpha value is -1.13. The number of hydrogen-bond donors (Lipinski definition) is 3. The lowest BCUT2D eigenvalue weighted by molar-refractivity contribution is -0.152. The van der Waals surface area contributed by atoms with E-state index in [9.17, 15) is 15.0 Å². The van der Waals surface area contributed by atoms with Gasteiger partial charge in [0.1, 0.15) is 0 Å². The highest BCUT2D eigenvalue weighted by atomic mass is 16.4. The van der Waals surface area contributed by atoms with E-state index in [1.807, 2.05) is 6.92 Å². The zero-order valence-electron chi connectivity index (χ0n) is 15.2. The molecule has 0 aliphatic heterocycles. The number of carboxylic acids is 1. The van der Waals surface area contributed by atoms with Crippen LogP contribution in [0.2, 0.25) is 0 Å². The van der Waals surface area contributed by atoms with E-state index in [0.717, 1.165) is 25.7 Å². The van der Waals surface area contributed by atoms with Gasteiger partial charge < -0.3 is 15.3 Å². The number of aliphatic carboxylic acids is 1. The summed E-state index contributed by atoms with van der Waals surface area (Å²) >= 11 is 0. The van der Waals surface area contributed by atoms with Crippen LogP contribution in [0.1, 0.15) is 59.3 Å². The van der Waals surface area contributed by atoms with Crippen LogP contribution in [-0.4, -0.2) is 34.0 Å². The number of rotatable bonds is 6. The van der Waals surface area contributed by atoms with Crippen molar-refractivity contribution in [3.05, 3.63) is 23.8 Å². The third-order valence-electron chi connectivity index (χ3n) is 6.91. The molecule has 0 aromatic rings. The molecule has 0 amide bonds. The zero-order valence-corrected chi connectivity index (χ0v) is 15.2. The van der Waals surface area contributed by atoms with Gasteiger partial charge in [-0.25, -0.2) is 0 Å². The topological polar surface area (TPSA) is 77.8 Å². The predicted octanol–water partition coefficient (Wildman–Crippen LogP) is 3.54. The Morgan fingerprint density at radius 2 is 2.08 bits per heavy atom. The van der Waals surface area contributed by atoms with Crippen LogP contribution in [0.5, 0.6) is 0 Å². The first-order valence-electron chi connectivity index (χ1n) is 9.07. The van der Waals surface area contributed by atoms with Gasteiger partial charge in [0.25, 0.3) is 0 Å². The number of aliphatic hydroxyl groups excluding tert-OH is 2. The smallest absolute Gasteiger partial charge is 0.309 e. The van der Waals surface area contributed by atoms with Gasteiger partial charge in [0.15, 0.2) is 0 Å². The summed E-state index contributed by atoms with van der Waals surface area (Å²) in [6.07, 6.45) is 6.37. The lowest BCUT2D eigenvalue weighted by Crippen LogP contribution is -2.47. The summed E-state index contributed by atoms with van der Waals surface area (Å²) in [7, 11) is 0. The van der Waals surface area contributed by atoms with Crippen LogP contribution in [0.25, 0.3) is 0 Å². The number of fused-ring (bicyclic) bond motifs is 1. The van der Waals surface area contributed by atoms with Crippen LogP contribution >= 0.6 is 0 Å². The van der Waals surface area contributed by atoms with E-state index in [2.05, 4.69) is 26.5 Å². The minimum Gasteiger partial charge on any atom is -0.481 e. The summed E-state index contributed by atoms with van der Waals surface area (Å²) in [5.41, 5.74) is 1.21. The minimum atomic E-state index is -0.868. The average Bonchev–Trinajstić information content (AvgIpc) is 2.55. The second-order valence-corrected chi connectivity index (χ2v) is 8.23. The molecule has 0 spiro atoms. The lowest BCUT2D eigenvalue weighted by atomic mass is 9.51. The largest absolute Gasteiger partial charge is 0.481 e. The van der Waals surface area contributed by atoms with Crippen LogP contribution in [0.4, 0.5) is 0 Å². The summed E-state index contributed by atoms with van der Waals surface area (Å²) < 4.78 is 0. The summed E-state index contributed by atoms with van der Waals surface area (Å²) in [5.74, 6) is -0.119. The second kappa shape index (κ2) is 7.01. The predicted molar refractivity (Wildman–Crippen MR) is 94.5 cm³/mol. The monoisotopic (exact) mass is 336 g/mol. The van der Waals surface area contributed by atoms with Crippen LogP contribution in [0, 0.1) is 22.7 Å². The highest BCUT2D eigenvalue weighted by Gasteiger charge is 2.52. The molecule has 0 heterocycles. The molecule has 0 unspecified atom stereocenters. The number of carbonyl (C=O) groups is 1. The van der Waals surface area contributed by atoms with Gasteiger partial charge in [-0.05, 0) is 68.3 Å². The standard InChI is InChI=1S/C20H32O4/c1-13(17(22)12-21)9-11-19(3)14(2)7-8-16-15(19)6-5-10-20(16,4)18(23)24/h6,14,16-17,21-22H,1,5,7-12H2,2-4H3,(H,23,24)/t14-,16+,17+,19+,20-/m1/s1. The normalized spacial score (nSPS) is 37.3. The molecule has 0 aromatic carbocycles. The molecule has 0 radical (unpaired) electrons. The highest BCUT2D eigenvalue weighted by molar-refractivity contribution is 5.75. The molecule has 136 valence electrons. The van der Waals surface area contributed by atoms with Crippen LogP contribution < -0.4 is 0 Å². The van der Waals surface area contributed by atoms with Crippen molar-refractivity contribution in [3.63, 3.8) is 0 Å². The lowest BCUT2D eigenvalue weighted by Gasteiger charge is -2.52. The van der Waals surface area contributed by atoms with Gasteiger partial charge in [-0.1, -0.05) is 32.1 Å². The Kier molecular flexibility index (Phi) is 5.61. The third-order valence-corrected chi connectivity index (χ3v) is 6.91. The molecule has 4 heteroatoms. The van der Waals surface area contributed by atoms with E-state index in [0.29, 0.717) is 24.3 Å². The first-order valence-corrected chi connectivity index (χ1v) is 9.07. The number of aliphatic hydroxyl groups is 2. The number of carboxylic acid groups (broad SMARTS) is 1. The second-order valence-electron chi connectivity index (χ2n) is 8.23. The molecule has 2 aliphatic carbocycles. The summed E-state index contributed by atoms with van der Waals surface area (Å²) in [6.45, 7) is 9.99. The van der Waals surface area contributed by atoms with Crippen molar-refractivity contribution >= 4 is 5.97 Å². The fourth-order valence-corrected chi connectivity index (χ4v) is 4.67. The quantitative estimate of drug-likeness (QED) is 0.648. The Morgan fingerprint density at radius 3 is 2.67 bits per heavy atom.